The highest BCUT2D eigenvalue weighted by molar-refractivity contribution is 7.99. The second-order valence-electron chi connectivity index (χ2n) is 6.30. The molecule has 148 valence electrons. The van der Waals surface area contributed by atoms with E-state index in [-0.39, 0.29) is 5.75 Å². The molecule has 8 nitrogen and oxygen atoms in total. The number of hydrogen-bond donors (Lipinski definition) is 2. The largest absolute Gasteiger partial charge is 0.337 e. The Balaban J connectivity index is 1.42. The number of imide groups is 1. The van der Waals surface area contributed by atoms with Crippen molar-refractivity contribution in [1.29, 1.82) is 0 Å². The molecule has 0 bridgehead atoms. The summed E-state index contributed by atoms with van der Waals surface area (Å²) in [5.41, 5.74) is 2.11. The summed E-state index contributed by atoms with van der Waals surface area (Å²) in [5, 5.41) is 17.6. The second kappa shape index (κ2) is 10.2. The average molecular weight is 421 g/mol. The smallest absolute Gasteiger partial charge is 0.321 e. The Morgan fingerprint density at radius 3 is 2.79 bits per heavy atom. The first kappa shape index (κ1) is 20.3. The molecule has 0 unspecified atom stereocenters. The number of carbonyl (C=O) groups excluding carboxylic acids is 2. The molecule has 1 aromatic carbocycles. The van der Waals surface area contributed by atoms with Crippen LogP contribution < -0.4 is 10.6 Å². The number of nitrogens with zero attached hydrogens (tertiary/aromatic N) is 4. The van der Waals surface area contributed by atoms with E-state index in [1.807, 2.05) is 0 Å². The molecule has 0 aliphatic heterocycles. The van der Waals surface area contributed by atoms with E-state index in [2.05, 4.69) is 32.2 Å². The van der Waals surface area contributed by atoms with Gasteiger partial charge in [0.1, 0.15) is 0 Å². The minimum Gasteiger partial charge on any atom is -0.337 e. The maximum absolute atomic E-state index is 12.0. The summed E-state index contributed by atoms with van der Waals surface area (Å²) in [5.74, 6) is -0.392. The fraction of sp³-hybridized carbons (Fsp3) is 0.389. The zero-order chi connectivity index (χ0) is 19.8. The molecule has 0 atom stereocenters. The van der Waals surface area contributed by atoms with E-state index in [4.69, 9.17) is 11.6 Å². The van der Waals surface area contributed by atoms with Crippen LogP contribution in [0.5, 0.6) is 0 Å². The highest BCUT2D eigenvalue weighted by atomic mass is 35.5. The SMILES string of the molecule is O=C(CSc1nnnn1-c1ccc(Cl)cc1)NC(=O)NCCC1=CCCCC1. The lowest BCUT2D eigenvalue weighted by Gasteiger charge is -2.13. The van der Waals surface area contributed by atoms with Gasteiger partial charge in [0.2, 0.25) is 11.1 Å². The predicted octanol–water partition coefficient (Wildman–Crippen LogP) is 3.12. The third-order valence-corrected chi connectivity index (χ3v) is 5.39. The normalized spacial score (nSPS) is 13.7. The molecule has 0 saturated heterocycles. The van der Waals surface area contributed by atoms with E-state index >= 15 is 0 Å². The Morgan fingerprint density at radius 1 is 1.21 bits per heavy atom. The van der Waals surface area contributed by atoms with Crippen LogP contribution in [0.15, 0.2) is 41.1 Å². The molecule has 1 aliphatic rings. The first-order chi connectivity index (χ1) is 13.6. The van der Waals surface area contributed by atoms with Crippen molar-refractivity contribution < 1.29 is 9.59 Å². The maximum atomic E-state index is 12.0. The third-order valence-electron chi connectivity index (χ3n) is 4.21. The van der Waals surface area contributed by atoms with Gasteiger partial charge in [0.05, 0.1) is 11.4 Å². The topological polar surface area (TPSA) is 102 Å². The van der Waals surface area contributed by atoms with Crippen molar-refractivity contribution in [3.05, 3.63) is 40.9 Å². The van der Waals surface area contributed by atoms with Crippen LogP contribution in [0.3, 0.4) is 0 Å². The van der Waals surface area contributed by atoms with Gasteiger partial charge in [0.15, 0.2) is 0 Å². The third kappa shape index (κ3) is 6.07. The van der Waals surface area contributed by atoms with E-state index in [1.165, 1.54) is 23.1 Å². The lowest BCUT2D eigenvalue weighted by atomic mass is 9.97. The van der Waals surface area contributed by atoms with Crippen LogP contribution in [0.25, 0.3) is 5.69 Å². The summed E-state index contributed by atoms with van der Waals surface area (Å²) in [6.07, 6.45) is 7.74. The Hall–Kier alpha value is -2.39. The van der Waals surface area contributed by atoms with E-state index in [0.717, 1.165) is 36.7 Å². The molecule has 1 aliphatic carbocycles. The number of benzene rings is 1. The van der Waals surface area contributed by atoms with Crippen molar-refractivity contribution in [2.75, 3.05) is 12.3 Å². The van der Waals surface area contributed by atoms with Gasteiger partial charge in [0, 0.05) is 11.6 Å². The van der Waals surface area contributed by atoms with Crippen LogP contribution in [0, 0.1) is 0 Å². The number of aromatic nitrogens is 4. The number of halogens is 1. The molecule has 1 aromatic heterocycles. The van der Waals surface area contributed by atoms with Crippen LogP contribution in [-0.2, 0) is 4.79 Å². The van der Waals surface area contributed by atoms with Crippen LogP contribution in [-0.4, -0.2) is 44.4 Å². The highest BCUT2D eigenvalue weighted by Gasteiger charge is 2.13. The van der Waals surface area contributed by atoms with Gasteiger partial charge >= 0.3 is 6.03 Å². The van der Waals surface area contributed by atoms with Crippen molar-refractivity contribution >= 4 is 35.3 Å². The van der Waals surface area contributed by atoms with E-state index in [9.17, 15) is 9.59 Å². The summed E-state index contributed by atoms with van der Waals surface area (Å²) in [4.78, 5) is 23.9. The first-order valence-electron chi connectivity index (χ1n) is 9.04. The lowest BCUT2D eigenvalue weighted by molar-refractivity contribution is -0.117. The molecule has 0 saturated carbocycles. The Kier molecular flexibility index (Phi) is 7.44. The molecule has 0 fully saturated rings. The summed E-state index contributed by atoms with van der Waals surface area (Å²) >= 11 is 7.03. The summed E-state index contributed by atoms with van der Waals surface area (Å²) in [6.45, 7) is 0.521. The van der Waals surface area contributed by atoms with Crippen molar-refractivity contribution in [2.24, 2.45) is 0 Å². The lowest BCUT2D eigenvalue weighted by Crippen LogP contribution is -2.40. The van der Waals surface area contributed by atoms with Crippen LogP contribution >= 0.6 is 23.4 Å². The molecule has 0 spiro atoms. The van der Waals surface area contributed by atoms with Crippen molar-refractivity contribution in [2.45, 2.75) is 37.3 Å². The zero-order valence-corrected chi connectivity index (χ0v) is 16.8. The monoisotopic (exact) mass is 420 g/mol. The number of urea groups is 1. The fourth-order valence-electron chi connectivity index (χ4n) is 2.82. The summed E-state index contributed by atoms with van der Waals surface area (Å²) < 4.78 is 1.51. The summed E-state index contributed by atoms with van der Waals surface area (Å²) in [7, 11) is 0. The van der Waals surface area contributed by atoms with Gasteiger partial charge in [-0.1, -0.05) is 35.0 Å². The van der Waals surface area contributed by atoms with Gasteiger partial charge in [-0.05, 0) is 66.8 Å². The molecule has 3 rings (SSSR count). The number of allylic oxidation sites excluding steroid dienone is 1. The molecule has 28 heavy (non-hydrogen) atoms. The molecular weight excluding hydrogens is 400 g/mol. The molecule has 1 heterocycles. The maximum Gasteiger partial charge on any atom is 0.321 e. The average Bonchev–Trinajstić information content (AvgIpc) is 3.16. The Morgan fingerprint density at radius 2 is 2.04 bits per heavy atom. The minimum absolute atomic E-state index is 0.0204. The number of thioether (sulfide) groups is 1. The first-order valence-corrected chi connectivity index (χ1v) is 10.4. The van der Waals surface area contributed by atoms with Gasteiger partial charge in [-0.3, -0.25) is 10.1 Å². The van der Waals surface area contributed by atoms with Crippen molar-refractivity contribution in [1.82, 2.24) is 30.8 Å². The zero-order valence-electron chi connectivity index (χ0n) is 15.2. The number of carbonyl (C=O) groups is 2. The van der Waals surface area contributed by atoms with Crippen molar-refractivity contribution in [3.63, 3.8) is 0 Å². The minimum atomic E-state index is -0.487. The number of hydrogen-bond acceptors (Lipinski definition) is 6. The molecule has 2 N–H and O–H groups in total. The molecule has 3 amide bonds. The number of rotatable bonds is 7. The van der Waals surface area contributed by atoms with Crippen LogP contribution in [0.2, 0.25) is 5.02 Å². The standard InChI is InChI=1S/C18H21ClN6O2S/c19-14-6-8-15(9-7-14)25-18(22-23-24-25)28-12-16(26)21-17(27)20-11-10-13-4-2-1-3-5-13/h4,6-9H,1-3,5,10-12H2,(H2,20,21,26,27). The van der Waals surface area contributed by atoms with Gasteiger partial charge in [-0.2, -0.15) is 4.68 Å². The Labute approximate surface area is 172 Å². The van der Waals surface area contributed by atoms with Gasteiger partial charge in [-0.25, -0.2) is 4.79 Å². The van der Waals surface area contributed by atoms with E-state index in [0.29, 0.717) is 16.7 Å². The molecule has 2 aromatic rings. The van der Waals surface area contributed by atoms with Crippen LogP contribution in [0.4, 0.5) is 4.79 Å². The van der Waals surface area contributed by atoms with Crippen molar-refractivity contribution in [3.8, 4) is 5.69 Å². The number of amides is 3. The summed E-state index contributed by atoms with van der Waals surface area (Å²) in [6, 6.07) is 6.52. The second-order valence-corrected chi connectivity index (χ2v) is 7.68. The number of tetrazole rings is 1. The fourth-order valence-corrected chi connectivity index (χ4v) is 3.64. The van der Waals surface area contributed by atoms with Crippen LogP contribution in [0.1, 0.15) is 32.1 Å². The highest BCUT2D eigenvalue weighted by Crippen LogP contribution is 2.20. The van der Waals surface area contributed by atoms with Gasteiger partial charge < -0.3 is 5.32 Å². The molecule has 10 heteroatoms. The molecular formula is C18H21ClN6O2S. The van der Waals surface area contributed by atoms with Gasteiger partial charge in [0.25, 0.3) is 0 Å². The number of nitrogens with one attached hydrogen (secondary N) is 2. The van der Waals surface area contributed by atoms with Gasteiger partial charge in [-0.15, -0.1) is 5.10 Å². The van der Waals surface area contributed by atoms with E-state index < -0.39 is 11.9 Å². The Bertz CT molecular complexity index is 852. The van der Waals surface area contributed by atoms with E-state index in [1.54, 1.807) is 24.3 Å². The molecule has 0 radical (unpaired) electrons. The predicted molar refractivity (Wildman–Crippen MR) is 108 cm³/mol. The quantitative estimate of drug-likeness (QED) is 0.527.